The van der Waals surface area contributed by atoms with Gasteiger partial charge in [0.1, 0.15) is 5.82 Å². The minimum atomic E-state index is 0.689. The highest BCUT2D eigenvalue weighted by molar-refractivity contribution is 5.37. The molecule has 2 aromatic rings. The number of hydrogen-bond acceptors (Lipinski definition) is 5. The Morgan fingerprint density at radius 1 is 1.19 bits per heavy atom. The van der Waals surface area contributed by atoms with Crippen LogP contribution in [-0.4, -0.2) is 27.5 Å². The van der Waals surface area contributed by atoms with Gasteiger partial charge in [0, 0.05) is 44.3 Å². The fraction of sp³-hybridized carbons (Fsp3) is 0.438. The molecule has 0 radical (unpaired) electrons. The van der Waals surface area contributed by atoms with E-state index in [1.54, 1.807) is 0 Å². The number of hydrogen-bond donors (Lipinski definition) is 1. The quantitative estimate of drug-likeness (QED) is 0.844. The van der Waals surface area contributed by atoms with E-state index in [4.69, 9.17) is 4.98 Å². The van der Waals surface area contributed by atoms with Gasteiger partial charge in [-0.25, -0.2) is 4.98 Å². The fourth-order valence-corrected chi connectivity index (χ4v) is 2.23. The lowest BCUT2D eigenvalue weighted by molar-refractivity contribution is 0.668. The van der Waals surface area contributed by atoms with Crippen molar-refractivity contribution in [3.8, 4) is 0 Å². The third-order valence-electron chi connectivity index (χ3n) is 3.65. The number of anilines is 1. The second-order valence-electron chi connectivity index (χ2n) is 5.39. The Balaban J connectivity index is 1.68. The minimum absolute atomic E-state index is 0.689. The smallest absolute Gasteiger partial charge is 0.147 e. The molecule has 1 N–H and O–H groups in total. The number of nitrogens with one attached hydrogen (secondary N) is 1. The van der Waals surface area contributed by atoms with Crippen molar-refractivity contribution in [3.05, 3.63) is 48.2 Å². The van der Waals surface area contributed by atoms with Gasteiger partial charge in [0.25, 0.3) is 0 Å². The molecular formula is C16H21N5. The molecule has 0 atom stereocenters. The standard InChI is InChI=1S/C16H21N5/c1-2-21(12-13-5-7-17-8-6-13)16-11-18-9-15(20-16)10-19-14-3-4-14/h5-9,11,14,19H,2-4,10,12H2,1H3. The van der Waals surface area contributed by atoms with Crippen LogP contribution in [-0.2, 0) is 13.1 Å². The average Bonchev–Trinajstić information content (AvgIpc) is 3.36. The molecule has 5 heteroatoms. The van der Waals surface area contributed by atoms with Gasteiger partial charge in [-0.15, -0.1) is 0 Å². The molecule has 1 fully saturated rings. The number of rotatable bonds is 7. The summed E-state index contributed by atoms with van der Waals surface area (Å²) in [4.78, 5) is 15.3. The van der Waals surface area contributed by atoms with Gasteiger partial charge in [-0.05, 0) is 37.5 Å². The molecule has 110 valence electrons. The second-order valence-corrected chi connectivity index (χ2v) is 5.39. The third kappa shape index (κ3) is 3.98. The first-order chi connectivity index (χ1) is 10.3. The third-order valence-corrected chi connectivity index (χ3v) is 3.65. The van der Waals surface area contributed by atoms with Crippen LogP contribution in [0.3, 0.4) is 0 Å². The molecule has 2 aromatic heterocycles. The van der Waals surface area contributed by atoms with Gasteiger partial charge in [-0.2, -0.15) is 0 Å². The molecule has 1 aliphatic rings. The van der Waals surface area contributed by atoms with E-state index in [1.165, 1.54) is 18.4 Å². The normalized spacial score (nSPS) is 14.1. The topological polar surface area (TPSA) is 53.9 Å². The molecule has 0 aromatic carbocycles. The van der Waals surface area contributed by atoms with Gasteiger partial charge >= 0.3 is 0 Å². The van der Waals surface area contributed by atoms with Crippen LogP contribution < -0.4 is 10.2 Å². The SMILES string of the molecule is CCN(Cc1ccncc1)c1cncc(CNC2CC2)n1. The summed E-state index contributed by atoms with van der Waals surface area (Å²) in [5, 5.41) is 3.48. The van der Waals surface area contributed by atoms with E-state index >= 15 is 0 Å². The van der Waals surface area contributed by atoms with Gasteiger partial charge in [-0.3, -0.25) is 9.97 Å². The zero-order valence-electron chi connectivity index (χ0n) is 12.4. The monoisotopic (exact) mass is 283 g/mol. The van der Waals surface area contributed by atoms with Crippen LogP contribution >= 0.6 is 0 Å². The maximum absolute atomic E-state index is 4.73. The summed E-state index contributed by atoms with van der Waals surface area (Å²) in [5.74, 6) is 0.935. The van der Waals surface area contributed by atoms with Crippen LogP contribution in [0.4, 0.5) is 5.82 Å². The van der Waals surface area contributed by atoms with Crippen molar-refractivity contribution in [2.45, 2.75) is 38.9 Å². The van der Waals surface area contributed by atoms with Gasteiger partial charge < -0.3 is 10.2 Å². The van der Waals surface area contributed by atoms with Crippen LogP contribution in [0.15, 0.2) is 36.9 Å². The Labute approximate surface area is 125 Å². The van der Waals surface area contributed by atoms with Gasteiger partial charge in [-0.1, -0.05) is 0 Å². The Morgan fingerprint density at radius 2 is 2.00 bits per heavy atom. The molecular weight excluding hydrogens is 262 g/mol. The predicted octanol–water partition coefficient (Wildman–Crippen LogP) is 2.15. The molecule has 2 heterocycles. The molecule has 5 nitrogen and oxygen atoms in total. The molecule has 0 bridgehead atoms. The second kappa shape index (κ2) is 6.63. The summed E-state index contributed by atoms with van der Waals surface area (Å²) in [6.07, 6.45) is 9.91. The predicted molar refractivity (Wildman–Crippen MR) is 82.9 cm³/mol. The molecule has 3 rings (SSSR count). The van der Waals surface area contributed by atoms with E-state index < -0.39 is 0 Å². The van der Waals surface area contributed by atoms with Crippen molar-refractivity contribution in [2.75, 3.05) is 11.4 Å². The van der Waals surface area contributed by atoms with Crippen molar-refractivity contribution >= 4 is 5.82 Å². The van der Waals surface area contributed by atoms with E-state index in [-0.39, 0.29) is 0 Å². The Bertz CT molecular complexity index is 568. The molecule has 0 spiro atoms. The van der Waals surface area contributed by atoms with E-state index in [0.29, 0.717) is 6.04 Å². The molecule has 0 amide bonds. The molecule has 0 aliphatic heterocycles. The number of pyridine rings is 1. The van der Waals surface area contributed by atoms with Crippen LogP contribution in [0, 0.1) is 0 Å². The van der Waals surface area contributed by atoms with E-state index in [0.717, 1.165) is 31.1 Å². The Morgan fingerprint density at radius 3 is 2.71 bits per heavy atom. The van der Waals surface area contributed by atoms with Crippen molar-refractivity contribution < 1.29 is 0 Å². The molecule has 0 saturated heterocycles. The zero-order valence-corrected chi connectivity index (χ0v) is 12.4. The van der Waals surface area contributed by atoms with Crippen molar-refractivity contribution in [3.63, 3.8) is 0 Å². The maximum Gasteiger partial charge on any atom is 0.147 e. The lowest BCUT2D eigenvalue weighted by Gasteiger charge is -2.22. The average molecular weight is 283 g/mol. The van der Waals surface area contributed by atoms with Crippen LogP contribution in [0.5, 0.6) is 0 Å². The first-order valence-electron chi connectivity index (χ1n) is 7.53. The highest BCUT2D eigenvalue weighted by Gasteiger charge is 2.20. The first kappa shape index (κ1) is 13.9. The molecule has 0 unspecified atom stereocenters. The van der Waals surface area contributed by atoms with Crippen molar-refractivity contribution in [1.29, 1.82) is 0 Å². The lowest BCUT2D eigenvalue weighted by atomic mass is 10.2. The van der Waals surface area contributed by atoms with Crippen LogP contribution in [0.25, 0.3) is 0 Å². The molecule has 1 saturated carbocycles. The molecule has 1 aliphatic carbocycles. The fourth-order valence-electron chi connectivity index (χ4n) is 2.23. The summed E-state index contributed by atoms with van der Waals surface area (Å²) < 4.78 is 0. The summed E-state index contributed by atoms with van der Waals surface area (Å²) in [6, 6.07) is 4.76. The largest absolute Gasteiger partial charge is 0.351 e. The van der Waals surface area contributed by atoms with E-state index in [9.17, 15) is 0 Å². The lowest BCUT2D eigenvalue weighted by Crippen LogP contribution is -2.24. The van der Waals surface area contributed by atoms with Crippen LogP contribution in [0.1, 0.15) is 31.0 Å². The Kier molecular flexibility index (Phi) is 4.40. The first-order valence-corrected chi connectivity index (χ1v) is 7.53. The zero-order chi connectivity index (χ0) is 14.5. The van der Waals surface area contributed by atoms with Gasteiger partial charge in [0.2, 0.25) is 0 Å². The van der Waals surface area contributed by atoms with Crippen LogP contribution in [0.2, 0.25) is 0 Å². The van der Waals surface area contributed by atoms with E-state index in [1.807, 2.05) is 36.9 Å². The summed E-state index contributed by atoms with van der Waals surface area (Å²) >= 11 is 0. The minimum Gasteiger partial charge on any atom is -0.351 e. The van der Waals surface area contributed by atoms with Crippen molar-refractivity contribution in [1.82, 2.24) is 20.3 Å². The van der Waals surface area contributed by atoms with Gasteiger partial charge in [0.05, 0.1) is 11.9 Å². The van der Waals surface area contributed by atoms with Crippen molar-refractivity contribution in [2.24, 2.45) is 0 Å². The highest BCUT2D eigenvalue weighted by atomic mass is 15.2. The summed E-state index contributed by atoms with van der Waals surface area (Å²) in [6.45, 7) is 4.67. The highest BCUT2D eigenvalue weighted by Crippen LogP contribution is 2.19. The van der Waals surface area contributed by atoms with Gasteiger partial charge in [0.15, 0.2) is 0 Å². The van der Waals surface area contributed by atoms with E-state index in [2.05, 4.69) is 27.1 Å². The molecule has 21 heavy (non-hydrogen) atoms. The maximum atomic E-state index is 4.73. The summed E-state index contributed by atoms with van der Waals surface area (Å²) in [5.41, 5.74) is 2.24. The number of nitrogens with zero attached hydrogens (tertiary/aromatic N) is 4. The Hall–Kier alpha value is -2.01. The summed E-state index contributed by atoms with van der Waals surface area (Å²) in [7, 11) is 0. The number of aromatic nitrogens is 3.